The van der Waals surface area contributed by atoms with E-state index < -0.39 is 11.2 Å². The fraction of sp³-hybridized carbons (Fsp3) is 0.333. The van der Waals surface area contributed by atoms with Gasteiger partial charge in [0, 0.05) is 23.3 Å². The number of nitrogens with one attached hydrogen (secondary N) is 1. The Balaban J connectivity index is 1.54. The molecule has 0 saturated carbocycles. The predicted molar refractivity (Wildman–Crippen MR) is 103 cm³/mol. The van der Waals surface area contributed by atoms with Gasteiger partial charge < -0.3 is 9.87 Å². The van der Waals surface area contributed by atoms with Crippen molar-refractivity contribution in [2.75, 3.05) is 23.4 Å². The van der Waals surface area contributed by atoms with Crippen molar-refractivity contribution in [1.82, 2.24) is 14.6 Å². The second-order valence-corrected chi connectivity index (χ2v) is 8.45. The van der Waals surface area contributed by atoms with E-state index in [0.29, 0.717) is 10.9 Å². The van der Waals surface area contributed by atoms with Gasteiger partial charge >= 0.3 is 0 Å². The van der Waals surface area contributed by atoms with E-state index >= 15 is 0 Å². The molecular formula is C18H19ClN4OS. The van der Waals surface area contributed by atoms with Crippen LogP contribution in [0.2, 0.25) is 5.02 Å². The molecule has 0 amide bonds. The lowest BCUT2D eigenvalue weighted by Crippen LogP contribution is -2.27. The predicted octanol–water partition coefficient (Wildman–Crippen LogP) is 3.62. The highest BCUT2D eigenvalue weighted by Crippen LogP contribution is 2.26. The maximum absolute atomic E-state index is 11.5. The van der Waals surface area contributed by atoms with E-state index in [9.17, 15) is 4.55 Å². The van der Waals surface area contributed by atoms with E-state index in [2.05, 4.69) is 10.4 Å². The summed E-state index contributed by atoms with van der Waals surface area (Å²) in [6, 6.07) is 9.64. The summed E-state index contributed by atoms with van der Waals surface area (Å²) in [7, 11) is 0. The molecule has 1 aliphatic heterocycles. The first-order chi connectivity index (χ1) is 12.2. The number of rotatable bonds is 4. The molecule has 2 aromatic heterocycles. The van der Waals surface area contributed by atoms with Gasteiger partial charge in [-0.1, -0.05) is 34.9 Å². The van der Waals surface area contributed by atoms with Gasteiger partial charge in [-0.3, -0.25) is 0 Å². The molecular weight excluding hydrogens is 356 g/mol. The molecule has 1 fully saturated rings. The number of fused-ring (bicyclic) bond motifs is 1. The molecule has 0 atom stereocenters. The summed E-state index contributed by atoms with van der Waals surface area (Å²) in [5.41, 5.74) is 2.76. The lowest BCUT2D eigenvalue weighted by molar-refractivity contribution is 0.484. The molecule has 1 saturated heterocycles. The van der Waals surface area contributed by atoms with Crippen molar-refractivity contribution in [3.05, 3.63) is 47.7 Å². The lowest BCUT2D eigenvalue weighted by atomic mass is 10.0. The highest BCUT2D eigenvalue weighted by atomic mass is 35.5. The second-order valence-electron chi connectivity index (χ2n) is 6.32. The van der Waals surface area contributed by atoms with E-state index in [4.69, 9.17) is 16.6 Å². The Hall–Kier alpha value is -1.76. The summed E-state index contributed by atoms with van der Waals surface area (Å²) < 4.78 is 13.2. The maximum Gasteiger partial charge on any atom is 0.165 e. The smallest absolute Gasteiger partial charge is 0.165 e. The van der Waals surface area contributed by atoms with Crippen LogP contribution in [0.5, 0.6) is 0 Å². The van der Waals surface area contributed by atoms with Gasteiger partial charge in [0.25, 0.3) is 0 Å². The number of aromatic nitrogens is 3. The Kier molecular flexibility index (Phi) is 4.83. The Morgan fingerprint density at radius 1 is 1.28 bits per heavy atom. The minimum Gasteiger partial charge on any atom is -0.616 e. The second kappa shape index (κ2) is 7.23. The molecule has 0 aliphatic carbocycles. The summed E-state index contributed by atoms with van der Waals surface area (Å²) in [4.78, 5) is 4.73. The van der Waals surface area contributed by atoms with Gasteiger partial charge in [0.05, 0.1) is 6.20 Å². The monoisotopic (exact) mass is 374 g/mol. The topological polar surface area (TPSA) is 65.3 Å². The van der Waals surface area contributed by atoms with Crippen LogP contribution in [-0.2, 0) is 11.2 Å². The highest BCUT2D eigenvalue weighted by Gasteiger charge is 2.21. The van der Waals surface area contributed by atoms with Gasteiger partial charge in [0.15, 0.2) is 5.65 Å². The van der Waals surface area contributed by atoms with Crippen LogP contribution in [0.15, 0.2) is 42.7 Å². The number of benzene rings is 1. The largest absolute Gasteiger partial charge is 0.616 e. The SMILES string of the molecule is [O-][S+]1CCC(CNc2ccn3ncc(-c4cccc(Cl)c4)c3n2)CC1. The maximum atomic E-state index is 11.5. The van der Waals surface area contributed by atoms with E-state index in [1.54, 1.807) is 4.52 Å². The summed E-state index contributed by atoms with van der Waals surface area (Å²) in [6.45, 7) is 0.862. The summed E-state index contributed by atoms with van der Waals surface area (Å²) in [6.07, 6.45) is 5.76. The average molecular weight is 375 g/mol. The number of hydrogen-bond acceptors (Lipinski definition) is 4. The molecule has 4 rings (SSSR count). The highest BCUT2D eigenvalue weighted by molar-refractivity contribution is 7.91. The van der Waals surface area contributed by atoms with Gasteiger partial charge in [-0.25, -0.2) is 9.50 Å². The standard InChI is InChI=1S/C18H19ClN4OS/c19-15-3-1-2-14(10-15)16-12-21-23-7-4-17(22-18(16)23)20-11-13-5-8-25(24)9-6-13/h1-4,7,10,12-13H,5-6,8-9,11H2,(H,20,22). The summed E-state index contributed by atoms with van der Waals surface area (Å²) in [5.74, 6) is 3.04. The van der Waals surface area contributed by atoms with Crippen LogP contribution < -0.4 is 5.32 Å². The van der Waals surface area contributed by atoms with Gasteiger partial charge in [0.2, 0.25) is 0 Å². The van der Waals surface area contributed by atoms with Crippen molar-refractivity contribution in [3.63, 3.8) is 0 Å². The zero-order valence-corrected chi connectivity index (χ0v) is 15.3. The van der Waals surface area contributed by atoms with Crippen LogP contribution in [0.4, 0.5) is 5.82 Å². The zero-order valence-electron chi connectivity index (χ0n) is 13.7. The quantitative estimate of drug-likeness (QED) is 0.708. The Labute approximate surface area is 154 Å². The molecule has 1 N–H and O–H groups in total. The molecule has 0 radical (unpaired) electrons. The Morgan fingerprint density at radius 3 is 2.92 bits per heavy atom. The first-order valence-electron chi connectivity index (χ1n) is 8.38. The van der Waals surface area contributed by atoms with Crippen molar-refractivity contribution >= 4 is 34.2 Å². The van der Waals surface area contributed by atoms with Gasteiger partial charge in [-0.05, 0) is 42.5 Å². The molecule has 1 aliphatic rings. The lowest BCUT2D eigenvalue weighted by Gasteiger charge is -2.24. The van der Waals surface area contributed by atoms with Crippen LogP contribution in [0, 0.1) is 5.92 Å². The van der Waals surface area contributed by atoms with Crippen molar-refractivity contribution in [1.29, 1.82) is 0 Å². The van der Waals surface area contributed by atoms with E-state index in [1.807, 2.05) is 42.7 Å². The third-order valence-corrected chi connectivity index (χ3v) is 6.20. The molecule has 0 spiro atoms. The molecule has 3 aromatic rings. The Morgan fingerprint density at radius 2 is 2.12 bits per heavy atom. The molecule has 5 nitrogen and oxygen atoms in total. The molecule has 1 aromatic carbocycles. The van der Waals surface area contributed by atoms with Crippen LogP contribution in [0.1, 0.15) is 12.8 Å². The molecule has 7 heteroatoms. The summed E-state index contributed by atoms with van der Waals surface area (Å²) in [5, 5.41) is 8.49. The molecule has 0 bridgehead atoms. The van der Waals surface area contributed by atoms with Gasteiger partial charge in [-0.2, -0.15) is 5.10 Å². The Bertz CT molecular complexity index is 876. The molecule has 0 unspecified atom stereocenters. The molecule has 25 heavy (non-hydrogen) atoms. The molecule has 130 valence electrons. The fourth-order valence-electron chi connectivity index (χ4n) is 3.12. The average Bonchev–Trinajstić information content (AvgIpc) is 3.04. The van der Waals surface area contributed by atoms with Gasteiger partial charge in [-0.15, -0.1) is 0 Å². The number of anilines is 1. The first kappa shape index (κ1) is 16.7. The number of hydrogen-bond donors (Lipinski definition) is 1. The van der Waals surface area contributed by atoms with Crippen molar-refractivity contribution < 1.29 is 4.55 Å². The minimum absolute atomic E-state index is 0.563. The van der Waals surface area contributed by atoms with Crippen LogP contribution in [0.25, 0.3) is 16.8 Å². The normalized spacial score (nSPS) is 20.7. The zero-order chi connectivity index (χ0) is 17.2. The number of halogens is 1. The third-order valence-electron chi connectivity index (χ3n) is 4.58. The fourth-order valence-corrected chi connectivity index (χ4v) is 4.71. The first-order valence-corrected chi connectivity index (χ1v) is 10.2. The minimum atomic E-state index is -0.614. The molecule has 3 heterocycles. The van der Waals surface area contributed by atoms with Crippen LogP contribution >= 0.6 is 11.6 Å². The van der Waals surface area contributed by atoms with Crippen molar-refractivity contribution in [2.45, 2.75) is 12.8 Å². The third kappa shape index (κ3) is 3.76. The van der Waals surface area contributed by atoms with Crippen molar-refractivity contribution in [3.8, 4) is 11.1 Å². The summed E-state index contributed by atoms with van der Waals surface area (Å²) >= 11 is 5.49. The van der Waals surface area contributed by atoms with Crippen LogP contribution in [0.3, 0.4) is 0 Å². The van der Waals surface area contributed by atoms with Crippen LogP contribution in [-0.4, -0.2) is 37.2 Å². The van der Waals surface area contributed by atoms with Gasteiger partial charge in [0.1, 0.15) is 17.3 Å². The van der Waals surface area contributed by atoms with E-state index in [-0.39, 0.29) is 0 Å². The van der Waals surface area contributed by atoms with Crippen molar-refractivity contribution in [2.24, 2.45) is 5.92 Å². The van der Waals surface area contributed by atoms with E-state index in [0.717, 1.165) is 53.5 Å². The number of nitrogens with zero attached hydrogens (tertiary/aromatic N) is 3. The van der Waals surface area contributed by atoms with E-state index in [1.165, 1.54) is 0 Å².